The maximum Gasteiger partial charge on any atom is 0.246 e. The second-order valence-electron chi connectivity index (χ2n) is 7.31. The summed E-state index contributed by atoms with van der Waals surface area (Å²) in [6.07, 6.45) is 5.89. The molecule has 31 heavy (non-hydrogen) atoms. The number of fused-ring (bicyclic) bond motifs is 1. The minimum absolute atomic E-state index is 0.0941. The van der Waals surface area contributed by atoms with Crippen molar-refractivity contribution in [1.29, 1.82) is 0 Å². The number of amides is 2. The average molecular weight is 462 g/mol. The van der Waals surface area contributed by atoms with Crippen molar-refractivity contribution in [2.45, 2.75) is 12.8 Å². The molecule has 2 aliphatic rings. The zero-order valence-corrected chi connectivity index (χ0v) is 18.2. The fourth-order valence-corrected chi connectivity index (χ4v) is 3.93. The van der Waals surface area contributed by atoms with Crippen LogP contribution >= 0.6 is 23.2 Å². The van der Waals surface area contributed by atoms with Crippen LogP contribution in [0.15, 0.2) is 36.5 Å². The Kier molecular flexibility index (Phi) is 6.63. The highest BCUT2D eigenvalue weighted by Crippen LogP contribution is 2.38. The van der Waals surface area contributed by atoms with Crippen molar-refractivity contribution in [2.24, 2.45) is 5.92 Å². The number of aromatic nitrogens is 1. The smallest absolute Gasteiger partial charge is 0.246 e. The number of rotatable bonds is 4. The normalized spacial score (nSPS) is 16.4. The Hall–Kier alpha value is -2.77. The number of nitrogens with zero attached hydrogens (tertiary/aromatic N) is 2. The molecule has 0 bridgehead atoms. The first-order chi connectivity index (χ1) is 15.0. The van der Waals surface area contributed by atoms with Gasteiger partial charge in [0.25, 0.3) is 0 Å². The first-order valence-corrected chi connectivity index (χ1v) is 10.7. The van der Waals surface area contributed by atoms with E-state index in [-0.39, 0.29) is 17.7 Å². The number of likely N-dealkylation sites (tertiary alicyclic amines) is 1. The van der Waals surface area contributed by atoms with E-state index in [9.17, 15) is 9.59 Å². The number of anilines is 1. The SMILES string of the molecule is O=C(Nc1ccc(Cl)cn1)C1CCN(C(=O)C=Cc2cc(Cl)c3c(c2)OCCO3)CC1. The Morgan fingerprint density at radius 2 is 1.90 bits per heavy atom. The number of halogens is 2. The van der Waals surface area contributed by atoms with Gasteiger partial charge in [0.15, 0.2) is 11.5 Å². The van der Waals surface area contributed by atoms with E-state index in [0.717, 1.165) is 5.56 Å². The molecule has 0 radical (unpaired) electrons. The predicted octanol–water partition coefficient (Wildman–Crippen LogP) is 4.05. The van der Waals surface area contributed by atoms with Crippen molar-refractivity contribution >= 4 is 46.9 Å². The lowest BCUT2D eigenvalue weighted by atomic mass is 9.96. The van der Waals surface area contributed by atoms with Crippen LogP contribution in [-0.4, -0.2) is 48.0 Å². The highest BCUT2D eigenvalue weighted by atomic mass is 35.5. The lowest BCUT2D eigenvalue weighted by Gasteiger charge is -2.30. The molecule has 4 rings (SSSR count). The van der Waals surface area contributed by atoms with Crippen molar-refractivity contribution < 1.29 is 19.1 Å². The second kappa shape index (κ2) is 9.58. The molecule has 1 aromatic carbocycles. The van der Waals surface area contributed by atoms with Crippen LogP contribution in [0.4, 0.5) is 5.82 Å². The standard InChI is InChI=1S/C22H21Cl2N3O4/c23-16-2-3-19(25-13-16)26-22(29)15-5-7-27(8-6-15)20(28)4-1-14-11-17(24)21-18(12-14)30-9-10-31-21/h1-4,11-13,15H,5-10H2,(H,25,26,29). The molecule has 0 spiro atoms. The number of pyridine rings is 1. The Labute approximate surface area is 189 Å². The van der Waals surface area contributed by atoms with Gasteiger partial charge in [0.2, 0.25) is 11.8 Å². The molecule has 1 aromatic heterocycles. The lowest BCUT2D eigenvalue weighted by molar-refractivity contribution is -0.130. The summed E-state index contributed by atoms with van der Waals surface area (Å²) in [5, 5.41) is 3.76. The summed E-state index contributed by atoms with van der Waals surface area (Å²) < 4.78 is 11.1. The van der Waals surface area contributed by atoms with E-state index in [4.69, 9.17) is 32.7 Å². The van der Waals surface area contributed by atoms with Gasteiger partial charge in [0.1, 0.15) is 19.0 Å². The third kappa shape index (κ3) is 5.29. The predicted molar refractivity (Wildman–Crippen MR) is 119 cm³/mol. The van der Waals surface area contributed by atoms with Gasteiger partial charge in [-0.15, -0.1) is 0 Å². The van der Waals surface area contributed by atoms with E-state index < -0.39 is 0 Å². The number of carbonyl (C=O) groups is 2. The van der Waals surface area contributed by atoms with Crippen LogP contribution in [0.3, 0.4) is 0 Å². The molecular weight excluding hydrogens is 441 g/mol. The molecule has 2 amide bonds. The summed E-state index contributed by atoms with van der Waals surface area (Å²) in [6.45, 7) is 1.95. The van der Waals surface area contributed by atoms with E-state index >= 15 is 0 Å². The second-order valence-corrected chi connectivity index (χ2v) is 8.15. The van der Waals surface area contributed by atoms with Crippen molar-refractivity contribution in [3.8, 4) is 11.5 Å². The quantitative estimate of drug-likeness (QED) is 0.694. The molecule has 1 saturated heterocycles. The zero-order chi connectivity index (χ0) is 21.8. The van der Waals surface area contributed by atoms with Crippen LogP contribution in [0, 0.1) is 5.92 Å². The Morgan fingerprint density at radius 1 is 1.13 bits per heavy atom. The molecule has 3 heterocycles. The zero-order valence-electron chi connectivity index (χ0n) is 16.6. The average Bonchev–Trinajstić information content (AvgIpc) is 2.79. The van der Waals surface area contributed by atoms with Gasteiger partial charge in [-0.1, -0.05) is 23.2 Å². The number of hydrogen-bond donors (Lipinski definition) is 1. The molecule has 1 fully saturated rings. The largest absolute Gasteiger partial charge is 0.486 e. The van der Waals surface area contributed by atoms with Gasteiger partial charge in [-0.2, -0.15) is 0 Å². The fourth-order valence-electron chi connectivity index (χ4n) is 3.54. The van der Waals surface area contributed by atoms with Crippen LogP contribution in [0.2, 0.25) is 10.0 Å². The molecule has 0 saturated carbocycles. The van der Waals surface area contributed by atoms with Crippen molar-refractivity contribution in [2.75, 3.05) is 31.6 Å². The molecule has 0 atom stereocenters. The lowest BCUT2D eigenvalue weighted by Crippen LogP contribution is -2.40. The van der Waals surface area contributed by atoms with Crippen LogP contribution < -0.4 is 14.8 Å². The van der Waals surface area contributed by atoms with Gasteiger partial charge in [0, 0.05) is 31.3 Å². The molecule has 9 heteroatoms. The first-order valence-electron chi connectivity index (χ1n) is 9.98. The highest BCUT2D eigenvalue weighted by molar-refractivity contribution is 6.32. The maximum atomic E-state index is 12.6. The van der Waals surface area contributed by atoms with E-state index in [1.165, 1.54) is 12.3 Å². The first kappa shape index (κ1) is 21.5. The molecule has 0 unspecified atom stereocenters. The number of carbonyl (C=O) groups excluding carboxylic acids is 2. The number of ether oxygens (including phenoxy) is 2. The van der Waals surface area contributed by atoms with Gasteiger partial charge in [-0.3, -0.25) is 9.59 Å². The number of benzene rings is 1. The van der Waals surface area contributed by atoms with Gasteiger partial charge >= 0.3 is 0 Å². The number of nitrogens with one attached hydrogen (secondary N) is 1. The summed E-state index contributed by atoms with van der Waals surface area (Å²) in [4.78, 5) is 30.8. The minimum Gasteiger partial charge on any atom is -0.486 e. The van der Waals surface area contributed by atoms with Crippen molar-refractivity contribution in [3.05, 3.63) is 52.1 Å². The molecule has 0 aliphatic carbocycles. The number of hydrogen-bond acceptors (Lipinski definition) is 5. The van der Waals surface area contributed by atoms with Crippen molar-refractivity contribution in [3.63, 3.8) is 0 Å². The van der Waals surface area contributed by atoms with Gasteiger partial charge in [-0.25, -0.2) is 4.98 Å². The summed E-state index contributed by atoms with van der Waals surface area (Å²) in [7, 11) is 0. The van der Waals surface area contributed by atoms with Crippen LogP contribution in [-0.2, 0) is 9.59 Å². The number of piperidine rings is 1. The Morgan fingerprint density at radius 3 is 2.65 bits per heavy atom. The van der Waals surface area contributed by atoms with Gasteiger partial charge < -0.3 is 19.7 Å². The van der Waals surface area contributed by atoms with Crippen LogP contribution in [0.5, 0.6) is 11.5 Å². The minimum atomic E-state index is -0.165. The Bertz CT molecular complexity index is 1000. The topological polar surface area (TPSA) is 80.8 Å². The molecule has 1 N–H and O–H groups in total. The van der Waals surface area contributed by atoms with E-state index in [2.05, 4.69) is 10.3 Å². The molecular formula is C22H21Cl2N3O4. The summed E-state index contributed by atoms with van der Waals surface area (Å²) >= 11 is 12.0. The third-order valence-corrected chi connectivity index (χ3v) is 5.70. The van der Waals surface area contributed by atoms with E-state index in [1.54, 1.807) is 35.2 Å². The summed E-state index contributed by atoms with van der Waals surface area (Å²) in [5.74, 6) is 1.21. The summed E-state index contributed by atoms with van der Waals surface area (Å²) in [6, 6.07) is 6.87. The van der Waals surface area contributed by atoms with Crippen molar-refractivity contribution in [1.82, 2.24) is 9.88 Å². The van der Waals surface area contributed by atoms with E-state index in [1.807, 2.05) is 0 Å². The molecule has 2 aromatic rings. The van der Waals surface area contributed by atoms with Crippen LogP contribution in [0.25, 0.3) is 6.08 Å². The summed E-state index contributed by atoms with van der Waals surface area (Å²) in [5.41, 5.74) is 0.757. The fraction of sp³-hybridized carbons (Fsp3) is 0.318. The van der Waals surface area contributed by atoms with E-state index in [0.29, 0.717) is 66.5 Å². The van der Waals surface area contributed by atoms with Gasteiger partial charge in [0.05, 0.1) is 10.0 Å². The van der Waals surface area contributed by atoms with Crippen LogP contribution in [0.1, 0.15) is 18.4 Å². The highest BCUT2D eigenvalue weighted by Gasteiger charge is 2.27. The molecule has 2 aliphatic heterocycles. The monoisotopic (exact) mass is 461 g/mol. The Balaban J connectivity index is 1.30. The molecule has 162 valence electrons. The maximum absolute atomic E-state index is 12.6. The molecule has 7 nitrogen and oxygen atoms in total. The third-order valence-electron chi connectivity index (χ3n) is 5.19. The van der Waals surface area contributed by atoms with Gasteiger partial charge in [-0.05, 0) is 48.7 Å².